The van der Waals surface area contributed by atoms with E-state index in [1.807, 2.05) is 24.3 Å². The fraction of sp³-hybridized carbons (Fsp3) is 0.860. The normalized spacial score (nSPS) is 10.7. The molecule has 0 saturated heterocycles. The van der Waals surface area contributed by atoms with Gasteiger partial charge in [-0.15, -0.1) is 23.0 Å². The van der Waals surface area contributed by atoms with Crippen LogP contribution >= 0.6 is 13.5 Å². The third kappa shape index (κ3) is 124. The Kier molecular flexibility index (Phi) is 137. The molecule has 0 fully saturated rings. The summed E-state index contributed by atoms with van der Waals surface area (Å²) in [6.07, 6.45) is 94.8. The largest absolute Gasteiger partial charge is 2.00 e. The molecule has 0 spiro atoms. The van der Waals surface area contributed by atoms with Crippen LogP contribution < -0.4 is 0 Å². The van der Waals surface area contributed by atoms with Crippen LogP contribution in [0.15, 0.2) is 48.6 Å². The van der Waals surface area contributed by atoms with Gasteiger partial charge in [-0.25, -0.2) is 19.2 Å². The van der Waals surface area contributed by atoms with Crippen molar-refractivity contribution in [3.63, 3.8) is 0 Å². The maximum absolute atomic E-state index is 11.2. The van der Waals surface area contributed by atoms with Gasteiger partial charge in [-0.3, -0.25) is 0 Å². The first-order chi connectivity index (χ1) is 47.2. The van der Waals surface area contributed by atoms with Crippen molar-refractivity contribution < 1.29 is 38.1 Å². The van der Waals surface area contributed by atoms with E-state index >= 15 is 0 Å². The number of hydrogen-bond acceptors (Lipinski definition) is 12. The maximum Gasteiger partial charge on any atom is 2.00 e. The molecule has 0 aromatic carbocycles. The summed E-state index contributed by atoms with van der Waals surface area (Å²) in [5.74, 6) is 0.847. The Morgan fingerprint density at radius 3 is 0.436 bits per heavy atom. The molecular weight excluding hydrogens is 1560 g/mol. The van der Waals surface area contributed by atoms with Crippen molar-refractivity contribution in [2.75, 3.05) is 49.4 Å². The molecular formula is C86H166O8S5Sn2. The molecule has 4 radical (unpaired) electrons. The van der Waals surface area contributed by atoms with Gasteiger partial charge in [0, 0.05) is 24.3 Å². The number of carbonyl (C=O) groups excluding carboxylic acids is 4. The van der Waals surface area contributed by atoms with Crippen LogP contribution in [0.2, 0.25) is 0 Å². The van der Waals surface area contributed by atoms with Gasteiger partial charge in [0.05, 0.1) is 26.4 Å². The molecule has 0 heterocycles. The standard InChI is InChI=1S/4C21H40O2S.2CH4.H2S.2Sn/c4*1-2-3-4-5-6-7-8-9-10-11-12-13-14-15-16-17-18-21(22)23-19-20-24;;;;;/h4*17-18,24H,2-16,19-20H2,1H3;2*1H4;1H2;;/q;;;;;;;2*+2/p-4/b4*18-17+;;;;;. The van der Waals surface area contributed by atoms with E-state index < -0.39 is 0 Å². The van der Waals surface area contributed by atoms with Crippen molar-refractivity contribution in [2.45, 2.75) is 428 Å². The molecule has 0 amide bonds. The van der Waals surface area contributed by atoms with Gasteiger partial charge >= 0.3 is 71.7 Å². The smallest absolute Gasteiger partial charge is 0.789 e. The monoisotopic (exact) mass is 1730 g/mol. The Morgan fingerprint density at radius 2 is 0.327 bits per heavy atom. The number of carbonyl (C=O) groups is 4. The van der Waals surface area contributed by atoms with Crippen molar-refractivity contribution in [1.29, 1.82) is 0 Å². The summed E-state index contributed by atoms with van der Waals surface area (Å²) >= 11 is 18.9. The second-order valence-electron chi connectivity index (χ2n) is 26.6. The molecule has 0 unspecified atom stereocenters. The molecule has 0 aliphatic carbocycles. The zero-order valence-electron chi connectivity index (χ0n) is 65.1. The molecule has 0 aromatic rings. The molecule has 15 heteroatoms. The topological polar surface area (TPSA) is 105 Å². The third-order valence-corrected chi connectivity index (χ3v) is 17.9. The average Bonchev–Trinajstić information content (AvgIpc) is 3.82. The zero-order chi connectivity index (χ0) is 70.9. The van der Waals surface area contributed by atoms with Gasteiger partial charge in [0.2, 0.25) is 0 Å². The van der Waals surface area contributed by atoms with Crippen LogP contribution in [0.25, 0.3) is 0 Å². The van der Waals surface area contributed by atoms with E-state index in [0.717, 1.165) is 25.7 Å². The van der Waals surface area contributed by atoms with E-state index in [0.29, 0.717) is 49.4 Å². The molecule has 0 saturated carbocycles. The first-order valence-electron chi connectivity index (χ1n) is 40.9. The fourth-order valence-corrected chi connectivity index (χ4v) is 11.6. The third-order valence-electron chi connectivity index (χ3n) is 17.2. The summed E-state index contributed by atoms with van der Waals surface area (Å²) in [5.41, 5.74) is 0. The van der Waals surface area contributed by atoms with Gasteiger partial charge in [-0.2, -0.15) is 13.5 Å². The van der Waals surface area contributed by atoms with E-state index in [9.17, 15) is 19.2 Å². The van der Waals surface area contributed by atoms with Crippen LogP contribution in [0, 0.1) is 0 Å². The van der Waals surface area contributed by atoms with Gasteiger partial charge in [-0.1, -0.05) is 401 Å². The molecule has 0 aromatic heterocycles. The van der Waals surface area contributed by atoms with Crippen LogP contribution in [0.4, 0.5) is 0 Å². The maximum atomic E-state index is 11.2. The molecule has 596 valence electrons. The van der Waals surface area contributed by atoms with Gasteiger partial charge in [0.1, 0.15) is 0 Å². The van der Waals surface area contributed by atoms with Gasteiger partial charge < -0.3 is 69.5 Å². The second kappa shape index (κ2) is 116. The average molecular weight is 1730 g/mol. The van der Waals surface area contributed by atoms with Crippen LogP contribution in [-0.2, 0) is 88.6 Å². The Hall–Kier alpha value is 0.187. The van der Waals surface area contributed by atoms with Crippen LogP contribution in [0.5, 0.6) is 0 Å². The second-order valence-corrected chi connectivity index (χ2v) is 28.3. The van der Waals surface area contributed by atoms with E-state index in [2.05, 4.69) is 27.7 Å². The Balaban J connectivity index is -0.000000157. The number of allylic oxidation sites excluding steroid dienone is 4. The zero-order valence-corrected chi connectivity index (χ0v) is 75.1. The fourth-order valence-electron chi connectivity index (χ4n) is 11.3. The number of hydrogen-bond donors (Lipinski definition) is 0. The predicted molar refractivity (Wildman–Crippen MR) is 464 cm³/mol. The number of rotatable bonds is 72. The molecule has 0 rings (SSSR count). The van der Waals surface area contributed by atoms with Crippen molar-refractivity contribution in [2.24, 2.45) is 0 Å². The molecule has 0 aliphatic heterocycles. The SMILES string of the molecule is C.C.CCCCCCCCCCCCCCCC/C=C/C(=O)OCC[S-].CCCCCCCCCCCCCCCC/C=C/C(=O)OCC[S-].CCCCCCCCCCCCCCCC/C=C/C(=O)OCC[S-].CCCCCCCCCCCCCCCC/C=C/C(=O)OCC[S-].S.[Sn+2].[Sn+2]. The minimum Gasteiger partial charge on any atom is -0.789 e. The molecule has 0 atom stereocenters. The van der Waals surface area contributed by atoms with E-state index in [1.54, 1.807) is 0 Å². The van der Waals surface area contributed by atoms with Gasteiger partial charge in [0.25, 0.3) is 0 Å². The molecule has 0 aliphatic rings. The van der Waals surface area contributed by atoms with Crippen LogP contribution in [0.1, 0.15) is 428 Å². The quantitative estimate of drug-likeness (QED) is 0.0145. The minimum absolute atomic E-state index is 0. The van der Waals surface area contributed by atoms with Crippen LogP contribution in [-0.4, -0.2) is 121 Å². The first kappa shape index (κ1) is 120. The van der Waals surface area contributed by atoms with E-state index in [-0.39, 0.29) is 100 Å². The predicted octanol–water partition coefficient (Wildman–Crippen LogP) is 26.6. The summed E-state index contributed by atoms with van der Waals surface area (Å²) in [5, 5.41) is 0. The van der Waals surface area contributed by atoms with Crippen molar-refractivity contribution in [3.05, 3.63) is 48.6 Å². The molecule has 0 bridgehead atoms. The Labute approximate surface area is 693 Å². The summed E-state index contributed by atoms with van der Waals surface area (Å²) in [6.45, 7) is 10.5. The summed E-state index contributed by atoms with van der Waals surface area (Å²) in [4.78, 5) is 44.8. The number of ether oxygens (including phenoxy) is 4. The van der Waals surface area contributed by atoms with E-state index in [4.69, 9.17) is 69.5 Å². The van der Waals surface area contributed by atoms with Gasteiger partial charge in [-0.05, 0) is 51.4 Å². The Morgan fingerprint density at radius 1 is 0.218 bits per heavy atom. The Bertz CT molecular complexity index is 1410. The first-order valence-corrected chi connectivity index (χ1v) is 43.2. The van der Waals surface area contributed by atoms with Crippen molar-refractivity contribution in [3.8, 4) is 0 Å². The summed E-state index contributed by atoms with van der Waals surface area (Å²) < 4.78 is 19.5. The number of unbranched alkanes of at least 4 members (excludes halogenated alkanes) is 56. The van der Waals surface area contributed by atoms with E-state index in [1.165, 1.54) is 384 Å². The summed E-state index contributed by atoms with van der Waals surface area (Å²) in [6, 6.07) is 0. The van der Waals surface area contributed by atoms with Crippen LogP contribution in [0.3, 0.4) is 0 Å². The number of esters is 4. The van der Waals surface area contributed by atoms with Crippen molar-refractivity contribution in [1.82, 2.24) is 0 Å². The van der Waals surface area contributed by atoms with Gasteiger partial charge in [0.15, 0.2) is 0 Å². The van der Waals surface area contributed by atoms with Crippen molar-refractivity contribution >= 4 is 136 Å². The minimum atomic E-state index is -0.259. The molecule has 0 N–H and O–H groups in total. The summed E-state index contributed by atoms with van der Waals surface area (Å²) in [7, 11) is 0. The molecule has 101 heavy (non-hydrogen) atoms. The molecule has 8 nitrogen and oxygen atoms in total.